The molecule has 0 unspecified atom stereocenters. The van der Waals surface area contributed by atoms with Crippen molar-refractivity contribution in [3.8, 4) is 0 Å². The van der Waals surface area contributed by atoms with Crippen LogP contribution in [-0.4, -0.2) is 14.5 Å². The minimum atomic E-state index is -0.395. The maximum atomic E-state index is 10.9. The summed E-state index contributed by atoms with van der Waals surface area (Å²) < 4.78 is 3.66. The first-order valence-corrected chi connectivity index (χ1v) is 6.95. The largest absolute Gasteiger partial charge is 0.358 e. The average Bonchev–Trinajstić information content (AvgIpc) is 2.77. The maximum Gasteiger partial charge on any atom is 0.343 e. The number of nitro groups is 1. The third-order valence-corrected chi connectivity index (χ3v) is 3.56. The number of hydrogen-bond acceptors (Lipinski definition) is 3. The van der Waals surface area contributed by atoms with E-state index in [0.29, 0.717) is 18.9 Å². The van der Waals surface area contributed by atoms with Gasteiger partial charge in [-0.2, -0.15) is 0 Å². The molecule has 0 N–H and O–H groups in total. The van der Waals surface area contributed by atoms with Crippen LogP contribution in [0.25, 0.3) is 0 Å². The zero-order valence-corrected chi connectivity index (χ0v) is 12.9. The fraction of sp³-hybridized carbons (Fsp3) is 0.467. The summed E-state index contributed by atoms with van der Waals surface area (Å²) in [5.74, 6) is 0.702. The Hall–Kier alpha value is -2.24. The summed E-state index contributed by atoms with van der Waals surface area (Å²) >= 11 is 0. The highest BCUT2D eigenvalue weighted by Crippen LogP contribution is 2.20. The first-order valence-electron chi connectivity index (χ1n) is 6.95. The van der Waals surface area contributed by atoms with Gasteiger partial charge in [-0.25, -0.2) is 14.1 Å². The van der Waals surface area contributed by atoms with E-state index >= 15 is 0 Å². The maximum absolute atomic E-state index is 10.9. The molecule has 2 aromatic rings. The van der Waals surface area contributed by atoms with E-state index in [2.05, 4.69) is 37.9 Å². The van der Waals surface area contributed by atoms with E-state index < -0.39 is 4.92 Å². The molecule has 0 amide bonds. The monoisotopic (exact) mass is 289 g/mol. The number of nitrogens with zero attached hydrogens (tertiary/aromatic N) is 4. The molecule has 21 heavy (non-hydrogen) atoms. The van der Waals surface area contributed by atoms with E-state index in [4.69, 9.17) is 0 Å². The number of pyridine rings is 1. The van der Waals surface area contributed by atoms with Gasteiger partial charge in [0, 0.05) is 19.1 Å². The summed E-state index contributed by atoms with van der Waals surface area (Å²) in [7, 11) is 0. The second-order valence-corrected chi connectivity index (χ2v) is 6.15. The summed E-state index contributed by atoms with van der Waals surface area (Å²) in [6, 6.07) is 4.18. The summed E-state index contributed by atoms with van der Waals surface area (Å²) in [6.45, 7) is 9.49. The van der Waals surface area contributed by atoms with Gasteiger partial charge in [0.15, 0.2) is 31.3 Å². The average molecular weight is 289 g/mol. The van der Waals surface area contributed by atoms with E-state index in [0.717, 1.165) is 0 Å². The molecule has 0 aliphatic rings. The Morgan fingerprint density at radius 1 is 1.33 bits per heavy atom. The lowest BCUT2D eigenvalue weighted by atomic mass is 9.88. The van der Waals surface area contributed by atoms with E-state index in [1.807, 2.05) is 17.0 Å². The standard InChI is InChI=1S/C15H21N4O2/c1-12-16-11-14(19(20)21)18(12)10-9-17-7-5-13(6-8-17)15(2,3)4/h5-8,11H,9-10H2,1-4H3/q+1. The van der Waals surface area contributed by atoms with Gasteiger partial charge in [0.1, 0.15) is 6.20 Å². The quantitative estimate of drug-likeness (QED) is 0.493. The van der Waals surface area contributed by atoms with Crippen molar-refractivity contribution in [1.29, 1.82) is 0 Å². The molecule has 0 aliphatic heterocycles. The van der Waals surface area contributed by atoms with E-state index in [1.165, 1.54) is 11.8 Å². The fourth-order valence-corrected chi connectivity index (χ4v) is 2.20. The predicted octanol–water partition coefficient (Wildman–Crippen LogP) is 2.38. The van der Waals surface area contributed by atoms with Crippen molar-refractivity contribution in [3.05, 3.63) is 52.2 Å². The molecule has 2 aromatic heterocycles. The SMILES string of the molecule is Cc1ncc([N+](=O)[O-])n1CC[n+]1ccc(C(C)(C)C)cc1. The van der Waals surface area contributed by atoms with Crippen LogP contribution in [0.2, 0.25) is 0 Å². The van der Waals surface area contributed by atoms with Crippen LogP contribution in [0.15, 0.2) is 30.7 Å². The van der Waals surface area contributed by atoms with Crippen LogP contribution in [-0.2, 0) is 18.5 Å². The molecule has 6 nitrogen and oxygen atoms in total. The van der Waals surface area contributed by atoms with Gasteiger partial charge in [0.2, 0.25) is 0 Å². The van der Waals surface area contributed by atoms with Crippen molar-refractivity contribution < 1.29 is 9.49 Å². The Labute approximate surface area is 124 Å². The molecule has 0 atom stereocenters. The molecule has 0 aliphatic carbocycles. The molecule has 0 fully saturated rings. The number of rotatable bonds is 4. The van der Waals surface area contributed by atoms with Crippen molar-refractivity contribution in [3.63, 3.8) is 0 Å². The Kier molecular flexibility index (Phi) is 4.06. The lowest BCUT2D eigenvalue weighted by Gasteiger charge is -2.17. The van der Waals surface area contributed by atoms with Crippen LogP contribution in [0.1, 0.15) is 32.2 Å². The van der Waals surface area contributed by atoms with E-state index in [-0.39, 0.29) is 11.2 Å². The van der Waals surface area contributed by atoms with Crippen LogP contribution >= 0.6 is 0 Å². The molecule has 0 saturated carbocycles. The number of aromatic nitrogens is 3. The predicted molar refractivity (Wildman–Crippen MR) is 79.0 cm³/mol. The fourth-order valence-electron chi connectivity index (χ4n) is 2.20. The van der Waals surface area contributed by atoms with Gasteiger partial charge in [0.05, 0.1) is 0 Å². The minimum absolute atomic E-state index is 0.0411. The molecule has 112 valence electrons. The molecule has 0 bridgehead atoms. The number of imidazole rings is 1. The van der Waals surface area contributed by atoms with Gasteiger partial charge >= 0.3 is 5.82 Å². The summed E-state index contributed by atoms with van der Waals surface area (Å²) in [5.41, 5.74) is 1.39. The van der Waals surface area contributed by atoms with Crippen molar-refractivity contribution in [2.75, 3.05) is 0 Å². The molecule has 0 radical (unpaired) electrons. The Bertz CT molecular complexity index is 639. The van der Waals surface area contributed by atoms with Crippen LogP contribution in [0.4, 0.5) is 5.82 Å². The zero-order chi connectivity index (χ0) is 15.6. The summed E-state index contributed by atoms with van der Waals surface area (Å²) in [4.78, 5) is 14.6. The second-order valence-electron chi connectivity index (χ2n) is 6.15. The van der Waals surface area contributed by atoms with Gasteiger partial charge in [-0.05, 0) is 15.9 Å². The molecule has 2 rings (SSSR count). The van der Waals surface area contributed by atoms with Gasteiger partial charge in [-0.15, -0.1) is 0 Å². The third-order valence-electron chi connectivity index (χ3n) is 3.56. The molecule has 0 saturated heterocycles. The Balaban J connectivity index is 2.10. The Morgan fingerprint density at radius 3 is 2.48 bits per heavy atom. The molecule has 0 aromatic carbocycles. The van der Waals surface area contributed by atoms with E-state index in [9.17, 15) is 10.1 Å². The first kappa shape index (κ1) is 15.2. The Morgan fingerprint density at radius 2 is 1.95 bits per heavy atom. The molecule has 6 heteroatoms. The van der Waals surface area contributed by atoms with Gasteiger partial charge in [0.25, 0.3) is 0 Å². The summed E-state index contributed by atoms with van der Waals surface area (Å²) in [6.07, 6.45) is 5.33. The first-order chi connectivity index (χ1) is 9.79. The molecule has 2 heterocycles. The van der Waals surface area contributed by atoms with Crippen molar-refractivity contribution >= 4 is 5.82 Å². The lowest BCUT2D eigenvalue weighted by molar-refractivity contribution is -0.698. The lowest BCUT2D eigenvalue weighted by Crippen LogP contribution is -2.35. The number of aryl methyl sites for hydroxylation is 2. The smallest absolute Gasteiger partial charge is 0.343 e. The molecular formula is C15H21N4O2+. The topological polar surface area (TPSA) is 64.8 Å². The van der Waals surface area contributed by atoms with Gasteiger partial charge in [-0.3, -0.25) is 0 Å². The van der Waals surface area contributed by atoms with Crippen LogP contribution in [0, 0.1) is 17.0 Å². The van der Waals surface area contributed by atoms with Gasteiger partial charge < -0.3 is 10.1 Å². The van der Waals surface area contributed by atoms with Crippen LogP contribution < -0.4 is 4.57 Å². The van der Waals surface area contributed by atoms with Crippen molar-refractivity contribution in [1.82, 2.24) is 9.55 Å². The highest BCUT2D eigenvalue weighted by Gasteiger charge is 2.19. The third kappa shape index (κ3) is 3.45. The molecular weight excluding hydrogens is 268 g/mol. The van der Waals surface area contributed by atoms with E-state index in [1.54, 1.807) is 11.5 Å². The highest BCUT2D eigenvalue weighted by atomic mass is 16.6. The van der Waals surface area contributed by atoms with Crippen molar-refractivity contribution in [2.24, 2.45) is 0 Å². The zero-order valence-electron chi connectivity index (χ0n) is 12.9. The van der Waals surface area contributed by atoms with Crippen LogP contribution in [0.5, 0.6) is 0 Å². The normalized spacial score (nSPS) is 11.6. The van der Waals surface area contributed by atoms with Crippen molar-refractivity contribution in [2.45, 2.75) is 46.2 Å². The van der Waals surface area contributed by atoms with Gasteiger partial charge in [-0.1, -0.05) is 20.8 Å². The van der Waals surface area contributed by atoms with Crippen LogP contribution in [0.3, 0.4) is 0 Å². The summed E-state index contributed by atoms with van der Waals surface area (Å²) in [5, 5.41) is 10.9. The minimum Gasteiger partial charge on any atom is -0.358 e. The second kappa shape index (κ2) is 5.63. The molecule has 0 spiro atoms. The highest BCUT2D eigenvalue weighted by molar-refractivity contribution is 5.19. The number of hydrogen-bond donors (Lipinski definition) is 0.